The lowest BCUT2D eigenvalue weighted by molar-refractivity contribution is 0.133. The van der Waals surface area contributed by atoms with E-state index in [1.165, 1.54) is 0 Å². The molecular weight excluding hydrogens is 236 g/mol. The van der Waals surface area contributed by atoms with Gasteiger partial charge in [-0.15, -0.1) is 0 Å². The van der Waals surface area contributed by atoms with Gasteiger partial charge in [0.2, 0.25) is 0 Å². The van der Waals surface area contributed by atoms with E-state index >= 15 is 0 Å². The number of rotatable bonds is 4. The van der Waals surface area contributed by atoms with Crippen molar-refractivity contribution < 1.29 is 33.8 Å². The zero-order chi connectivity index (χ0) is 11.6. The normalized spacial score (nSPS) is 14.9. The first-order valence-electron chi connectivity index (χ1n) is 3.26. The molecule has 14 heavy (non-hydrogen) atoms. The van der Waals surface area contributed by atoms with Gasteiger partial charge in [-0.3, -0.25) is 9.13 Å². The largest absolute Gasteiger partial charge is 0.405 e. The molecule has 0 saturated heterocycles. The Labute approximate surface area is 79.4 Å². The minimum atomic E-state index is -5.35. The van der Waals surface area contributed by atoms with Gasteiger partial charge in [0.1, 0.15) is 0 Å². The van der Waals surface area contributed by atoms with Crippen molar-refractivity contribution in [2.24, 2.45) is 5.73 Å². The van der Waals surface area contributed by atoms with Crippen LogP contribution in [0.3, 0.4) is 0 Å². The number of nitrogens with two attached hydrogens (primary N) is 1. The van der Waals surface area contributed by atoms with E-state index in [9.17, 15) is 14.2 Å². The van der Waals surface area contributed by atoms with Crippen molar-refractivity contribution in [3.8, 4) is 0 Å². The minimum Gasteiger partial charge on any atom is -0.405 e. The summed E-state index contributed by atoms with van der Waals surface area (Å²) in [5.74, 6) is 0. The molecule has 0 aromatic carbocycles. The molecule has 0 aliphatic heterocycles. The van der Waals surface area contributed by atoms with Crippen molar-refractivity contribution in [1.82, 2.24) is 0 Å². The Morgan fingerprint density at radius 1 is 1.14 bits per heavy atom. The fourth-order valence-corrected chi connectivity index (χ4v) is 2.68. The van der Waals surface area contributed by atoms with Crippen LogP contribution in [-0.2, 0) is 9.13 Å². The Bertz CT molecular complexity index is 292. The molecule has 0 aromatic rings. The third-order valence-electron chi connectivity index (χ3n) is 1.46. The Balaban J connectivity index is 5.29. The van der Waals surface area contributed by atoms with Gasteiger partial charge in [0.05, 0.1) is 0 Å². The van der Waals surface area contributed by atoms with Gasteiger partial charge in [0.25, 0.3) is 5.08 Å². The molecule has 84 valence electrons. The van der Waals surface area contributed by atoms with Gasteiger partial charge in [0.15, 0.2) is 0 Å². The summed E-state index contributed by atoms with van der Waals surface area (Å²) in [5.41, 5.74) is 4.82. The van der Waals surface area contributed by atoms with E-state index in [1.54, 1.807) is 0 Å². The molecule has 0 bridgehead atoms. The van der Waals surface area contributed by atoms with Crippen LogP contribution in [0.2, 0.25) is 0 Å². The summed E-state index contributed by atoms with van der Waals surface area (Å²) in [5, 5.41) is 5.78. The molecule has 0 amide bonds. The molecule has 0 rings (SSSR count). The maximum Gasteiger partial charge on any atom is 0.369 e. The Hall–Kier alpha value is -0.200. The van der Waals surface area contributed by atoms with Crippen LogP contribution in [0, 0.1) is 0 Å². The summed E-state index contributed by atoms with van der Waals surface area (Å²) < 4.78 is 21.4. The third-order valence-corrected chi connectivity index (χ3v) is 5.26. The van der Waals surface area contributed by atoms with Crippen LogP contribution in [0.4, 0.5) is 0 Å². The van der Waals surface area contributed by atoms with E-state index in [0.717, 1.165) is 12.3 Å². The summed E-state index contributed by atoms with van der Waals surface area (Å²) in [6.07, 6.45) is 0.729. The highest BCUT2D eigenvalue weighted by atomic mass is 31.2. The summed E-state index contributed by atoms with van der Waals surface area (Å²) in [4.78, 5) is 34.4. The highest BCUT2D eigenvalue weighted by molar-refractivity contribution is 7.72. The van der Waals surface area contributed by atoms with Crippen LogP contribution in [0.25, 0.3) is 0 Å². The van der Waals surface area contributed by atoms with Crippen LogP contribution in [0.1, 0.15) is 6.42 Å². The molecule has 7 N–H and O–H groups in total. The molecule has 0 unspecified atom stereocenters. The lowest BCUT2D eigenvalue weighted by Gasteiger charge is -2.27. The zero-order valence-electron chi connectivity index (χ0n) is 6.89. The van der Waals surface area contributed by atoms with Gasteiger partial charge in [-0.05, 0) is 6.20 Å². The third kappa shape index (κ3) is 2.65. The monoisotopic (exact) mass is 247 g/mol. The second-order valence-corrected chi connectivity index (χ2v) is 6.50. The quantitative estimate of drug-likeness (QED) is 0.339. The van der Waals surface area contributed by atoms with Gasteiger partial charge in [-0.2, -0.15) is 0 Å². The van der Waals surface area contributed by atoms with Crippen molar-refractivity contribution in [1.29, 1.82) is 0 Å². The smallest absolute Gasteiger partial charge is 0.369 e. The fraction of sp³-hybridized carbons (Fsp3) is 0.500. The SMILES string of the molecule is N/C=C/CC(O)(P(=O)(O)O)P(=O)(O)O. The molecule has 10 heteroatoms. The number of aliphatic hydroxyl groups is 1. The predicted molar refractivity (Wildman–Crippen MR) is 47.0 cm³/mol. The highest BCUT2D eigenvalue weighted by Gasteiger charge is 2.58. The average Bonchev–Trinajstić information content (AvgIpc) is 1.95. The molecule has 0 fully saturated rings. The Morgan fingerprint density at radius 2 is 1.50 bits per heavy atom. The lowest BCUT2D eigenvalue weighted by atomic mass is 10.4. The van der Waals surface area contributed by atoms with Gasteiger partial charge in [0, 0.05) is 6.42 Å². The summed E-state index contributed by atoms with van der Waals surface area (Å²) >= 11 is 0. The first-order chi connectivity index (χ1) is 6.06. The van der Waals surface area contributed by atoms with Crippen LogP contribution >= 0.6 is 15.2 Å². The van der Waals surface area contributed by atoms with Crippen molar-refractivity contribution in [3.63, 3.8) is 0 Å². The van der Waals surface area contributed by atoms with Crippen LogP contribution in [0.5, 0.6) is 0 Å². The molecule has 0 aliphatic rings. The molecule has 0 aromatic heterocycles. The fourth-order valence-electron chi connectivity index (χ4n) is 0.634. The van der Waals surface area contributed by atoms with Crippen molar-refractivity contribution in [2.75, 3.05) is 0 Å². The average molecular weight is 247 g/mol. The molecular formula is C4H11NO7P2. The molecule has 0 radical (unpaired) electrons. The highest BCUT2D eigenvalue weighted by Crippen LogP contribution is 2.68. The van der Waals surface area contributed by atoms with E-state index in [2.05, 4.69) is 0 Å². The molecule has 0 spiro atoms. The summed E-state index contributed by atoms with van der Waals surface area (Å²) in [6.45, 7) is 0. The van der Waals surface area contributed by atoms with Crippen LogP contribution < -0.4 is 5.73 Å². The first-order valence-corrected chi connectivity index (χ1v) is 6.49. The van der Waals surface area contributed by atoms with E-state index in [0.29, 0.717) is 0 Å². The zero-order valence-corrected chi connectivity index (χ0v) is 8.68. The second-order valence-electron chi connectivity index (χ2n) is 2.49. The van der Waals surface area contributed by atoms with E-state index in [4.69, 9.17) is 25.3 Å². The summed E-state index contributed by atoms with van der Waals surface area (Å²) in [7, 11) is -10.7. The minimum absolute atomic E-state index is 0.816. The van der Waals surface area contributed by atoms with Crippen LogP contribution in [-0.4, -0.2) is 29.8 Å². The number of hydrogen-bond acceptors (Lipinski definition) is 4. The molecule has 0 heterocycles. The van der Waals surface area contributed by atoms with Crippen LogP contribution in [0.15, 0.2) is 12.3 Å². The second kappa shape index (κ2) is 4.12. The van der Waals surface area contributed by atoms with Gasteiger partial charge < -0.3 is 30.4 Å². The van der Waals surface area contributed by atoms with E-state index in [-0.39, 0.29) is 0 Å². The Morgan fingerprint density at radius 3 is 1.71 bits per heavy atom. The van der Waals surface area contributed by atoms with Crippen molar-refractivity contribution >= 4 is 15.2 Å². The first kappa shape index (κ1) is 13.8. The molecule has 0 atom stereocenters. The lowest BCUT2D eigenvalue weighted by Crippen LogP contribution is -2.27. The van der Waals surface area contributed by atoms with Gasteiger partial charge in [-0.25, -0.2) is 0 Å². The summed E-state index contributed by atoms with van der Waals surface area (Å²) in [6, 6.07) is 0. The maximum absolute atomic E-state index is 10.7. The van der Waals surface area contributed by atoms with Crippen molar-refractivity contribution in [3.05, 3.63) is 12.3 Å². The van der Waals surface area contributed by atoms with Gasteiger partial charge in [-0.1, -0.05) is 6.08 Å². The molecule has 0 aliphatic carbocycles. The predicted octanol–water partition coefficient (Wildman–Crippen LogP) is -1.15. The number of hydrogen-bond donors (Lipinski definition) is 6. The standard InChI is InChI=1S/C4H11NO7P2/c5-3-1-2-4(6,13(7,8)9)14(10,11)12/h1,3,6H,2,5H2,(H2,7,8,9)(H2,10,11,12)/b3-1+. The molecule has 8 nitrogen and oxygen atoms in total. The van der Waals surface area contributed by atoms with Gasteiger partial charge >= 0.3 is 15.2 Å². The maximum atomic E-state index is 10.7. The Kier molecular flexibility index (Phi) is 4.06. The topological polar surface area (TPSA) is 161 Å². The molecule has 0 saturated carbocycles. The van der Waals surface area contributed by atoms with E-state index < -0.39 is 26.7 Å². The van der Waals surface area contributed by atoms with E-state index in [1.807, 2.05) is 0 Å². The van der Waals surface area contributed by atoms with Crippen molar-refractivity contribution in [2.45, 2.75) is 11.5 Å².